The van der Waals surface area contributed by atoms with Crippen molar-refractivity contribution >= 4 is 16.0 Å². The molecule has 0 aliphatic heterocycles. The molecule has 8 heteroatoms. The maximum atomic E-state index is 12.1. The van der Waals surface area contributed by atoms with Gasteiger partial charge in [0.25, 0.3) is 0 Å². The van der Waals surface area contributed by atoms with E-state index < -0.39 is 10.0 Å². The van der Waals surface area contributed by atoms with Crippen molar-refractivity contribution in [2.45, 2.75) is 38.3 Å². The topological polar surface area (TPSA) is 106 Å². The maximum absolute atomic E-state index is 12.1. The van der Waals surface area contributed by atoms with E-state index in [2.05, 4.69) is 15.0 Å². The summed E-state index contributed by atoms with van der Waals surface area (Å²) < 4.78 is 31.8. The number of hydrogen-bond donors (Lipinski definition) is 3. The molecule has 7 nitrogen and oxygen atoms in total. The van der Waals surface area contributed by atoms with Crippen LogP contribution in [-0.2, 0) is 21.3 Å². The third-order valence-corrected chi connectivity index (χ3v) is 4.60. The highest BCUT2D eigenvalue weighted by molar-refractivity contribution is 7.89. The molecule has 0 saturated heterocycles. The van der Waals surface area contributed by atoms with Crippen LogP contribution in [0.4, 0.5) is 0 Å². The van der Waals surface area contributed by atoms with Crippen LogP contribution in [0.2, 0.25) is 0 Å². The minimum atomic E-state index is -3.46. The van der Waals surface area contributed by atoms with Crippen molar-refractivity contribution in [3.63, 3.8) is 0 Å². The van der Waals surface area contributed by atoms with Crippen molar-refractivity contribution in [1.82, 2.24) is 10.0 Å². The summed E-state index contributed by atoms with van der Waals surface area (Å²) in [5, 5.41) is 3.01. The molecule has 0 saturated carbocycles. The minimum Gasteiger partial charge on any atom is -0.383 e. The monoisotopic (exact) mass is 356 g/mol. The van der Waals surface area contributed by atoms with Crippen LogP contribution in [0.15, 0.2) is 34.2 Å². The van der Waals surface area contributed by atoms with Crippen LogP contribution >= 0.6 is 0 Å². The standard InChI is InChI=1S/C16H28N4O3S/c1-12(2)9-19-24(21,22)15-7-5-14(6-8-15)10-18-16(17)20-13(3)11-23-4/h5-8,12-13,19H,9-11H2,1-4H3,(H3,17,18,20). The molecule has 1 rings (SSSR count). The first-order chi connectivity index (χ1) is 11.2. The summed E-state index contributed by atoms with van der Waals surface area (Å²) in [7, 11) is -1.84. The normalized spacial score (nSPS) is 14.0. The highest BCUT2D eigenvalue weighted by Crippen LogP contribution is 2.11. The Morgan fingerprint density at radius 2 is 1.88 bits per heavy atom. The van der Waals surface area contributed by atoms with Crippen LogP contribution in [0.5, 0.6) is 0 Å². The van der Waals surface area contributed by atoms with E-state index in [9.17, 15) is 8.42 Å². The van der Waals surface area contributed by atoms with Gasteiger partial charge < -0.3 is 15.8 Å². The molecular formula is C16H28N4O3S. The first-order valence-corrected chi connectivity index (χ1v) is 9.37. The van der Waals surface area contributed by atoms with E-state index in [0.717, 1.165) is 5.56 Å². The number of nitrogens with zero attached hydrogens (tertiary/aromatic N) is 1. The van der Waals surface area contributed by atoms with Gasteiger partial charge in [-0.25, -0.2) is 18.1 Å². The van der Waals surface area contributed by atoms with Crippen molar-refractivity contribution < 1.29 is 13.2 Å². The zero-order valence-electron chi connectivity index (χ0n) is 14.7. The maximum Gasteiger partial charge on any atom is 0.240 e. The summed E-state index contributed by atoms with van der Waals surface area (Å²) in [5.74, 6) is 0.583. The van der Waals surface area contributed by atoms with Gasteiger partial charge in [-0.15, -0.1) is 0 Å². The van der Waals surface area contributed by atoms with Gasteiger partial charge in [0, 0.05) is 19.7 Å². The molecule has 0 aliphatic carbocycles. The molecule has 1 aromatic carbocycles. The fraction of sp³-hybridized carbons (Fsp3) is 0.562. The number of aliphatic imine (C=N–C) groups is 1. The second-order valence-electron chi connectivity index (χ2n) is 6.09. The Morgan fingerprint density at radius 3 is 2.42 bits per heavy atom. The third kappa shape index (κ3) is 7.29. The van der Waals surface area contributed by atoms with Gasteiger partial charge in [0.15, 0.2) is 5.96 Å². The Kier molecular flexibility index (Phi) is 8.17. The van der Waals surface area contributed by atoms with Gasteiger partial charge in [-0.05, 0) is 30.5 Å². The number of sulfonamides is 1. The predicted octanol–water partition coefficient (Wildman–Crippen LogP) is 1.06. The molecule has 1 unspecified atom stereocenters. The number of benzene rings is 1. The zero-order chi connectivity index (χ0) is 18.2. The van der Waals surface area contributed by atoms with Crippen molar-refractivity contribution in [2.75, 3.05) is 20.3 Å². The van der Waals surface area contributed by atoms with Gasteiger partial charge in [-0.1, -0.05) is 26.0 Å². The molecule has 0 aliphatic rings. The summed E-state index contributed by atoms with van der Waals surface area (Å²) in [4.78, 5) is 4.48. The molecule has 0 spiro atoms. The predicted molar refractivity (Wildman–Crippen MR) is 96.3 cm³/mol. The van der Waals surface area contributed by atoms with Crippen LogP contribution in [0.3, 0.4) is 0 Å². The number of nitrogens with one attached hydrogen (secondary N) is 2. The lowest BCUT2D eigenvalue weighted by Gasteiger charge is -2.13. The van der Waals surface area contributed by atoms with Crippen LogP contribution in [0.1, 0.15) is 26.3 Å². The first kappa shape index (κ1) is 20.4. The molecule has 0 heterocycles. The average molecular weight is 356 g/mol. The third-order valence-electron chi connectivity index (χ3n) is 3.16. The Hall–Kier alpha value is -1.64. The lowest BCUT2D eigenvalue weighted by Crippen LogP contribution is -2.40. The van der Waals surface area contributed by atoms with Gasteiger partial charge >= 0.3 is 0 Å². The average Bonchev–Trinajstić information content (AvgIpc) is 2.52. The summed E-state index contributed by atoms with van der Waals surface area (Å²) >= 11 is 0. The quantitative estimate of drug-likeness (QED) is 0.453. The number of guanidine groups is 1. The zero-order valence-corrected chi connectivity index (χ0v) is 15.6. The summed E-state index contributed by atoms with van der Waals surface area (Å²) in [5.41, 5.74) is 6.67. The second kappa shape index (κ2) is 9.61. The number of hydrogen-bond acceptors (Lipinski definition) is 4. The molecule has 0 amide bonds. The van der Waals surface area contributed by atoms with Gasteiger partial charge in [-0.3, -0.25) is 0 Å². The fourth-order valence-corrected chi connectivity index (χ4v) is 3.11. The van der Waals surface area contributed by atoms with E-state index >= 15 is 0 Å². The Labute approximate surface area is 144 Å². The van der Waals surface area contributed by atoms with Gasteiger partial charge in [0.1, 0.15) is 0 Å². The Morgan fingerprint density at radius 1 is 1.25 bits per heavy atom. The summed E-state index contributed by atoms with van der Waals surface area (Å²) in [6.45, 7) is 7.17. The van der Waals surface area contributed by atoms with E-state index in [-0.39, 0.29) is 16.9 Å². The van der Waals surface area contributed by atoms with E-state index in [1.807, 2.05) is 20.8 Å². The van der Waals surface area contributed by atoms with Crippen molar-refractivity contribution in [3.05, 3.63) is 29.8 Å². The van der Waals surface area contributed by atoms with Gasteiger partial charge in [0.05, 0.1) is 18.0 Å². The fourth-order valence-electron chi connectivity index (χ4n) is 1.90. The Bertz CT molecular complexity index is 627. The molecule has 136 valence electrons. The lowest BCUT2D eigenvalue weighted by molar-refractivity contribution is 0.179. The molecule has 0 fully saturated rings. The van der Waals surface area contributed by atoms with Gasteiger partial charge in [0.2, 0.25) is 10.0 Å². The van der Waals surface area contributed by atoms with E-state index in [1.54, 1.807) is 31.4 Å². The molecule has 1 atom stereocenters. The smallest absolute Gasteiger partial charge is 0.240 e. The van der Waals surface area contributed by atoms with Crippen LogP contribution in [0.25, 0.3) is 0 Å². The molecule has 0 radical (unpaired) electrons. The number of nitrogens with two attached hydrogens (primary N) is 1. The molecule has 0 bridgehead atoms. The highest BCUT2D eigenvalue weighted by Gasteiger charge is 2.13. The molecule has 24 heavy (non-hydrogen) atoms. The van der Waals surface area contributed by atoms with Crippen molar-refractivity contribution in [3.8, 4) is 0 Å². The van der Waals surface area contributed by atoms with Crippen LogP contribution in [0, 0.1) is 5.92 Å². The minimum absolute atomic E-state index is 0.0679. The SMILES string of the molecule is COCC(C)NC(N)=NCc1ccc(S(=O)(=O)NCC(C)C)cc1. The molecule has 1 aromatic rings. The molecule has 0 aromatic heterocycles. The summed E-state index contributed by atoms with van der Waals surface area (Å²) in [6.07, 6.45) is 0. The van der Waals surface area contributed by atoms with Crippen molar-refractivity contribution in [2.24, 2.45) is 16.6 Å². The number of methoxy groups -OCH3 is 1. The van der Waals surface area contributed by atoms with Crippen LogP contribution in [-0.4, -0.2) is 40.7 Å². The Balaban J connectivity index is 2.64. The van der Waals surface area contributed by atoms with E-state index in [1.165, 1.54) is 0 Å². The van der Waals surface area contributed by atoms with Gasteiger partial charge in [-0.2, -0.15) is 0 Å². The molecular weight excluding hydrogens is 328 g/mol. The van der Waals surface area contributed by atoms with E-state index in [0.29, 0.717) is 25.7 Å². The highest BCUT2D eigenvalue weighted by atomic mass is 32.2. The first-order valence-electron chi connectivity index (χ1n) is 7.88. The number of ether oxygens (including phenoxy) is 1. The van der Waals surface area contributed by atoms with E-state index in [4.69, 9.17) is 10.5 Å². The second-order valence-corrected chi connectivity index (χ2v) is 7.86. The largest absolute Gasteiger partial charge is 0.383 e. The lowest BCUT2D eigenvalue weighted by atomic mass is 10.2. The molecule has 4 N–H and O–H groups in total. The summed E-state index contributed by atoms with van der Waals surface area (Å²) in [6, 6.07) is 6.69. The van der Waals surface area contributed by atoms with Crippen LogP contribution < -0.4 is 15.8 Å². The van der Waals surface area contributed by atoms with Crippen molar-refractivity contribution in [1.29, 1.82) is 0 Å². The number of rotatable bonds is 9.